The third-order valence-corrected chi connectivity index (χ3v) is 2.27. The molecule has 0 atom stereocenters. The summed E-state index contributed by atoms with van der Waals surface area (Å²) in [5, 5.41) is 4.04. The van der Waals surface area contributed by atoms with Gasteiger partial charge in [0.05, 0.1) is 5.88 Å². The summed E-state index contributed by atoms with van der Waals surface area (Å²) in [4.78, 5) is 3.97. The average molecular weight is 175 g/mol. The topological polar surface area (TPSA) is 37.8 Å². The normalized spacial score (nSPS) is 9.70. The van der Waals surface area contributed by atoms with Crippen molar-refractivity contribution in [1.29, 1.82) is 0 Å². The van der Waals surface area contributed by atoms with Crippen LogP contribution in [0.1, 0.15) is 6.92 Å². The number of nitrogens with one attached hydrogen (secondary N) is 1. The monoisotopic (exact) mass is 175 g/mol. The van der Waals surface area contributed by atoms with Crippen molar-refractivity contribution < 1.29 is 0 Å². The maximum absolute atomic E-state index is 3.97. The van der Waals surface area contributed by atoms with Crippen LogP contribution in [-0.2, 0) is 0 Å². The highest BCUT2D eigenvalue weighted by atomic mass is 32.2. The number of rotatable bonds is 4. The Labute approximate surface area is 68.4 Å². The molecule has 0 saturated heterocycles. The smallest absolute Gasteiger partial charge is 0.202 e. The molecular formula is C5H9N3S2. The number of hydrogen-bond acceptors (Lipinski definition) is 5. The van der Waals surface area contributed by atoms with Gasteiger partial charge < -0.3 is 5.32 Å². The molecular weight excluding hydrogens is 166 g/mol. The van der Waals surface area contributed by atoms with Crippen LogP contribution in [0.15, 0.2) is 6.33 Å². The minimum atomic E-state index is 0.904. The minimum Gasteiger partial charge on any atom is -0.351 e. The molecule has 0 aliphatic rings. The highest BCUT2D eigenvalue weighted by Gasteiger charge is 1.91. The van der Waals surface area contributed by atoms with Gasteiger partial charge in [-0.05, 0) is 5.75 Å². The SMILES string of the molecule is CCSCNc1ncns1. The molecule has 3 nitrogen and oxygen atoms in total. The quantitative estimate of drug-likeness (QED) is 0.558. The number of anilines is 1. The van der Waals surface area contributed by atoms with Crippen LogP contribution in [0.4, 0.5) is 5.13 Å². The Balaban J connectivity index is 2.15. The summed E-state index contributed by atoms with van der Waals surface area (Å²) in [5.41, 5.74) is 0. The highest BCUT2D eigenvalue weighted by Crippen LogP contribution is 2.08. The zero-order valence-electron chi connectivity index (χ0n) is 5.70. The van der Waals surface area contributed by atoms with E-state index in [1.54, 1.807) is 6.33 Å². The lowest BCUT2D eigenvalue weighted by atomic mass is 11.0. The molecule has 0 aliphatic heterocycles. The molecule has 1 aromatic rings. The van der Waals surface area contributed by atoms with Crippen molar-refractivity contribution in [1.82, 2.24) is 9.36 Å². The molecule has 0 amide bonds. The molecule has 0 aromatic carbocycles. The molecule has 0 saturated carbocycles. The van der Waals surface area contributed by atoms with Crippen LogP contribution in [-0.4, -0.2) is 21.0 Å². The molecule has 0 bridgehead atoms. The molecule has 56 valence electrons. The molecule has 0 fully saturated rings. The van der Waals surface area contributed by atoms with E-state index in [1.165, 1.54) is 11.5 Å². The summed E-state index contributed by atoms with van der Waals surface area (Å²) in [5.74, 6) is 2.05. The lowest BCUT2D eigenvalue weighted by Gasteiger charge is -1.97. The van der Waals surface area contributed by atoms with Gasteiger partial charge in [-0.1, -0.05) is 6.92 Å². The van der Waals surface area contributed by atoms with Crippen molar-refractivity contribution in [3.05, 3.63) is 6.33 Å². The van der Waals surface area contributed by atoms with E-state index in [4.69, 9.17) is 0 Å². The molecule has 1 heterocycles. The molecule has 0 radical (unpaired) electrons. The van der Waals surface area contributed by atoms with Crippen LogP contribution in [0.3, 0.4) is 0 Å². The summed E-state index contributed by atoms with van der Waals surface area (Å²) >= 11 is 3.22. The zero-order chi connectivity index (χ0) is 7.23. The van der Waals surface area contributed by atoms with Gasteiger partial charge in [0, 0.05) is 11.5 Å². The van der Waals surface area contributed by atoms with Crippen molar-refractivity contribution in [3.63, 3.8) is 0 Å². The Morgan fingerprint density at radius 1 is 1.80 bits per heavy atom. The first-order valence-electron chi connectivity index (χ1n) is 3.01. The van der Waals surface area contributed by atoms with E-state index in [0.29, 0.717) is 0 Å². The standard InChI is InChI=1S/C5H9N3S2/c1-2-9-4-7-5-6-3-8-10-5/h3H,2,4H2,1H3,(H,6,7,8). The number of hydrogen-bond donors (Lipinski definition) is 1. The van der Waals surface area contributed by atoms with Crippen molar-refractivity contribution in [2.75, 3.05) is 16.9 Å². The molecule has 1 N–H and O–H groups in total. The van der Waals surface area contributed by atoms with E-state index in [2.05, 4.69) is 21.6 Å². The summed E-state index contributed by atoms with van der Waals surface area (Å²) in [6.45, 7) is 2.13. The largest absolute Gasteiger partial charge is 0.351 e. The van der Waals surface area contributed by atoms with Gasteiger partial charge in [-0.3, -0.25) is 0 Å². The second-order valence-corrected chi connectivity index (χ2v) is 3.61. The molecule has 1 aromatic heterocycles. The summed E-state index contributed by atoms with van der Waals surface area (Å²) in [7, 11) is 0. The number of nitrogens with zero attached hydrogens (tertiary/aromatic N) is 2. The first-order valence-corrected chi connectivity index (χ1v) is 4.94. The maximum Gasteiger partial charge on any atom is 0.202 e. The lowest BCUT2D eigenvalue weighted by molar-refractivity contribution is 1.30. The van der Waals surface area contributed by atoms with Crippen LogP contribution in [0, 0.1) is 0 Å². The van der Waals surface area contributed by atoms with Gasteiger partial charge in [0.2, 0.25) is 5.13 Å². The van der Waals surface area contributed by atoms with E-state index in [-0.39, 0.29) is 0 Å². The van der Waals surface area contributed by atoms with Gasteiger partial charge >= 0.3 is 0 Å². The fourth-order valence-corrected chi connectivity index (χ4v) is 1.43. The molecule has 10 heavy (non-hydrogen) atoms. The molecule has 1 rings (SSSR count). The van der Waals surface area contributed by atoms with Crippen LogP contribution in [0.5, 0.6) is 0 Å². The molecule has 0 aliphatic carbocycles. The Morgan fingerprint density at radius 3 is 3.30 bits per heavy atom. The first kappa shape index (κ1) is 7.81. The lowest BCUT2D eigenvalue weighted by Crippen LogP contribution is -1.96. The maximum atomic E-state index is 3.97. The van der Waals surface area contributed by atoms with Gasteiger partial charge in [-0.25, -0.2) is 4.98 Å². The predicted octanol–water partition coefficient (Wildman–Crippen LogP) is 1.66. The van der Waals surface area contributed by atoms with Gasteiger partial charge in [0.25, 0.3) is 0 Å². The van der Waals surface area contributed by atoms with Gasteiger partial charge in [-0.15, -0.1) is 11.8 Å². The summed E-state index contributed by atoms with van der Waals surface area (Å²) < 4.78 is 3.86. The Hall–Kier alpha value is -0.290. The van der Waals surface area contributed by atoms with Crippen LogP contribution in [0.2, 0.25) is 0 Å². The van der Waals surface area contributed by atoms with Crippen molar-refractivity contribution in [2.24, 2.45) is 0 Å². The van der Waals surface area contributed by atoms with E-state index < -0.39 is 0 Å². The van der Waals surface area contributed by atoms with E-state index in [1.807, 2.05) is 11.8 Å². The zero-order valence-corrected chi connectivity index (χ0v) is 7.34. The van der Waals surface area contributed by atoms with Crippen LogP contribution < -0.4 is 5.32 Å². The second kappa shape index (κ2) is 4.51. The number of aromatic nitrogens is 2. The van der Waals surface area contributed by atoms with Crippen LogP contribution in [0.25, 0.3) is 0 Å². The molecule has 0 spiro atoms. The molecule has 5 heteroatoms. The second-order valence-electron chi connectivity index (χ2n) is 1.56. The van der Waals surface area contributed by atoms with E-state index in [0.717, 1.165) is 16.8 Å². The third-order valence-electron chi connectivity index (χ3n) is 0.891. The Morgan fingerprint density at radius 2 is 2.70 bits per heavy atom. The molecule has 0 unspecified atom stereocenters. The van der Waals surface area contributed by atoms with Gasteiger partial charge in [0.1, 0.15) is 6.33 Å². The number of thioether (sulfide) groups is 1. The predicted molar refractivity (Wildman–Crippen MR) is 46.5 cm³/mol. The Bertz CT molecular complexity index is 163. The van der Waals surface area contributed by atoms with Crippen LogP contribution >= 0.6 is 23.3 Å². The minimum absolute atomic E-state index is 0.904. The fourth-order valence-electron chi connectivity index (χ4n) is 0.466. The van der Waals surface area contributed by atoms with E-state index in [9.17, 15) is 0 Å². The third kappa shape index (κ3) is 2.53. The highest BCUT2D eigenvalue weighted by molar-refractivity contribution is 7.99. The first-order chi connectivity index (χ1) is 4.93. The van der Waals surface area contributed by atoms with Crippen molar-refractivity contribution >= 4 is 28.4 Å². The van der Waals surface area contributed by atoms with E-state index >= 15 is 0 Å². The Kier molecular flexibility index (Phi) is 3.53. The van der Waals surface area contributed by atoms with Gasteiger partial charge in [0.15, 0.2) is 0 Å². The summed E-state index contributed by atoms with van der Waals surface area (Å²) in [6, 6.07) is 0. The fraction of sp³-hybridized carbons (Fsp3) is 0.600. The average Bonchev–Trinajstić information content (AvgIpc) is 2.41. The van der Waals surface area contributed by atoms with Crippen molar-refractivity contribution in [2.45, 2.75) is 6.92 Å². The van der Waals surface area contributed by atoms with Crippen molar-refractivity contribution in [3.8, 4) is 0 Å². The van der Waals surface area contributed by atoms with Gasteiger partial charge in [-0.2, -0.15) is 4.37 Å². The summed E-state index contributed by atoms with van der Waals surface area (Å²) in [6.07, 6.45) is 1.56.